The molecular weight excluding hydrogens is 346 g/mol. The summed E-state index contributed by atoms with van der Waals surface area (Å²) < 4.78 is 31.9. The van der Waals surface area contributed by atoms with Crippen molar-refractivity contribution in [2.24, 2.45) is 0 Å². The minimum absolute atomic E-state index is 0.00682. The molecule has 0 spiro atoms. The van der Waals surface area contributed by atoms with Gasteiger partial charge in [0.15, 0.2) is 0 Å². The van der Waals surface area contributed by atoms with Crippen LogP contribution in [-0.4, -0.2) is 35.7 Å². The first-order chi connectivity index (χ1) is 11.9. The predicted octanol–water partition coefficient (Wildman–Crippen LogP) is 2.88. The molecule has 1 aromatic carbocycles. The highest BCUT2D eigenvalue weighted by atomic mass is 32.2. The molecule has 0 amide bonds. The maximum atomic E-state index is 12.4. The van der Waals surface area contributed by atoms with Gasteiger partial charge in [0, 0.05) is 30.8 Å². The third kappa shape index (κ3) is 3.62. The van der Waals surface area contributed by atoms with Crippen LogP contribution in [0.3, 0.4) is 0 Å². The van der Waals surface area contributed by atoms with Crippen LogP contribution >= 0.6 is 0 Å². The molecule has 132 valence electrons. The van der Waals surface area contributed by atoms with Crippen LogP contribution in [0.1, 0.15) is 18.4 Å². The molecule has 9 heteroatoms. The van der Waals surface area contributed by atoms with Gasteiger partial charge in [-0.1, -0.05) is 0 Å². The number of benzene rings is 1. The molecule has 0 unspecified atom stereocenters. The van der Waals surface area contributed by atoms with E-state index in [4.69, 9.17) is 4.74 Å². The van der Waals surface area contributed by atoms with E-state index in [0.29, 0.717) is 24.4 Å². The van der Waals surface area contributed by atoms with Gasteiger partial charge in [-0.05, 0) is 38.0 Å². The van der Waals surface area contributed by atoms with Gasteiger partial charge in [0.1, 0.15) is 10.6 Å². The van der Waals surface area contributed by atoms with Crippen LogP contribution in [0.4, 0.5) is 5.69 Å². The minimum atomic E-state index is -3.51. The monoisotopic (exact) mass is 363 g/mol. The maximum absolute atomic E-state index is 12.4. The van der Waals surface area contributed by atoms with Gasteiger partial charge in [-0.2, -0.15) is 4.31 Å². The van der Waals surface area contributed by atoms with E-state index in [0.717, 1.165) is 12.8 Å². The van der Waals surface area contributed by atoms with Crippen molar-refractivity contribution < 1.29 is 18.1 Å². The molecule has 1 aliphatic rings. The number of ether oxygens (including phenoxy) is 1. The molecule has 1 aromatic heterocycles. The Morgan fingerprint density at radius 3 is 2.48 bits per heavy atom. The van der Waals surface area contributed by atoms with E-state index >= 15 is 0 Å². The number of sulfonamides is 1. The number of nitro benzene ring substituents is 1. The Morgan fingerprint density at radius 1 is 1.20 bits per heavy atom. The Balaban J connectivity index is 1.77. The molecule has 0 radical (unpaired) electrons. The van der Waals surface area contributed by atoms with E-state index in [9.17, 15) is 18.5 Å². The molecule has 0 N–H and O–H groups in total. The van der Waals surface area contributed by atoms with Gasteiger partial charge in [-0.25, -0.2) is 13.4 Å². The molecule has 25 heavy (non-hydrogen) atoms. The standard InChI is InChI=1S/C16H17N3O5S/c1-12-10-13(4-6-15(12)19(20)21)24-16-7-5-14(11-17-16)25(22,23)18-8-2-3-9-18/h4-7,10-11H,2-3,8-9H2,1H3. The average Bonchev–Trinajstić information content (AvgIpc) is 3.10. The number of pyridine rings is 1. The van der Waals surface area contributed by atoms with Crippen molar-refractivity contribution in [3.63, 3.8) is 0 Å². The fraction of sp³-hybridized carbons (Fsp3) is 0.312. The number of rotatable bonds is 5. The molecule has 0 atom stereocenters. The highest BCUT2D eigenvalue weighted by Crippen LogP contribution is 2.27. The number of aromatic nitrogens is 1. The molecule has 0 bridgehead atoms. The van der Waals surface area contributed by atoms with Crippen molar-refractivity contribution >= 4 is 15.7 Å². The summed E-state index contributed by atoms with van der Waals surface area (Å²) in [7, 11) is -3.51. The Bertz CT molecular complexity index is 890. The highest BCUT2D eigenvalue weighted by Gasteiger charge is 2.27. The first-order valence-electron chi connectivity index (χ1n) is 7.77. The lowest BCUT2D eigenvalue weighted by Gasteiger charge is -2.15. The highest BCUT2D eigenvalue weighted by molar-refractivity contribution is 7.89. The first-order valence-corrected chi connectivity index (χ1v) is 9.21. The van der Waals surface area contributed by atoms with Crippen molar-refractivity contribution in [2.75, 3.05) is 13.1 Å². The fourth-order valence-electron chi connectivity index (χ4n) is 2.67. The molecule has 3 rings (SSSR count). The summed E-state index contributed by atoms with van der Waals surface area (Å²) in [6.07, 6.45) is 3.00. The first kappa shape index (κ1) is 17.3. The second kappa shape index (κ2) is 6.77. The number of nitro groups is 1. The van der Waals surface area contributed by atoms with Crippen molar-refractivity contribution in [3.8, 4) is 11.6 Å². The molecule has 8 nitrogen and oxygen atoms in total. The lowest BCUT2D eigenvalue weighted by Crippen LogP contribution is -2.27. The zero-order chi connectivity index (χ0) is 18.0. The van der Waals surface area contributed by atoms with E-state index in [2.05, 4.69) is 4.98 Å². The van der Waals surface area contributed by atoms with E-state index in [1.54, 1.807) is 6.92 Å². The van der Waals surface area contributed by atoms with Gasteiger partial charge in [-0.3, -0.25) is 10.1 Å². The molecule has 1 saturated heterocycles. The lowest BCUT2D eigenvalue weighted by molar-refractivity contribution is -0.385. The Morgan fingerprint density at radius 2 is 1.92 bits per heavy atom. The van der Waals surface area contributed by atoms with Crippen molar-refractivity contribution in [1.29, 1.82) is 0 Å². The van der Waals surface area contributed by atoms with Crippen LogP contribution in [0.15, 0.2) is 41.4 Å². The average molecular weight is 363 g/mol. The van der Waals surface area contributed by atoms with Gasteiger partial charge in [-0.15, -0.1) is 0 Å². The Kier molecular flexibility index (Phi) is 4.69. The van der Waals surface area contributed by atoms with Gasteiger partial charge in [0.25, 0.3) is 5.69 Å². The third-order valence-electron chi connectivity index (χ3n) is 4.00. The summed E-state index contributed by atoms with van der Waals surface area (Å²) in [6, 6.07) is 7.29. The van der Waals surface area contributed by atoms with Crippen LogP contribution in [0.2, 0.25) is 0 Å². The summed E-state index contributed by atoms with van der Waals surface area (Å²) in [4.78, 5) is 14.5. The molecule has 1 fully saturated rings. The number of hydrogen-bond donors (Lipinski definition) is 0. The molecule has 2 heterocycles. The molecule has 0 saturated carbocycles. The summed E-state index contributed by atoms with van der Waals surface area (Å²) in [5.74, 6) is 0.611. The van der Waals surface area contributed by atoms with Gasteiger partial charge in [0.05, 0.1) is 11.1 Å². The smallest absolute Gasteiger partial charge is 0.272 e. The Labute approximate surface area is 145 Å². The third-order valence-corrected chi connectivity index (χ3v) is 5.88. The van der Waals surface area contributed by atoms with Crippen LogP contribution in [0.5, 0.6) is 11.6 Å². The van der Waals surface area contributed by atoms with Crippen molar-refractivity contribution in [2.45, 2.75) is 24.7 Å². The second-order valence-electron chi connectivity index (χ2n) is 5.75. The van der Waals surface area contributed by atoms with E-state index in [1.807, 2.05) is 0 Å². The summed E-state index contributed by atoms with van der Waals surface area (Å²) in [5.41, 5.74) is 0.475. The normalized spacial score (nSPS) is 15.2. The van der Waals surface area contributed by atoms with E-state index < -0.39 is 14.9 Å². The number of aryl methyl sites for hydroxylation is 1. The molecular formula is C16H17N3O5S. The van der Waals surface area contributed by atoms with Crippen LogP contribution in [0.25, 0.3) is 0 Å². The number of hydrogen-bond acceptors (Lipinski definition) is 6. The van der Waals surface area contributed by atoms with Crippen LogP contribution in [-0.2, 0) is 10.0 Å². The SMILES string of the molecule is Cc1cc(Oc2ccc(S(=O)(=O)N3CCCC3)cn2)ccc1[N+](=O)[O-]. The van der Waals surface area contributed by atoms with Crippen LogP contribution in [0, 0.1) is 17.0 Å². The van der Waals surface area contributed by atoms with E-state index in [-0.39, 0.29) is 16.5 Å². The Hall–Kier alpha value is -2.52. The van der Waals surface area contributed by atoms with Gasteiger partial charge < -0.3 is 4.74 Å². The molecule has 2 aromatic rings. The molecule has 0 aliphatic carbocycles. The predicted molar refractivity (Wildman–Crippen MR) is 90.1 cm³/mol. The summed E-state index contributed by atoms with van der Waals surface area (Å²) in [5, 5.41) is 10.8. The fourth-order valence-corrected chi connectivity index (χ4v) is 4.14. The quantitative estimate of drug-likeness (QED) is 0.598. The van der Waals surface area contributed by atoms with Gasteiger partial charge in [0.2, 0.25) is 15.9 Å². The zero-order valence-corrected chi connectivity index (χ0v) is 14.4. The second-order valence-corrected chi connectivity index (χ2v) is 7.69. The molecule has 1 aliphatic heterocycles. The van der Waals surface area contributed by atoms with Crippen LogP contribution < -0.4 is 4.74 Å². The maximum Gasteiger partial charge on any atom is 0.272 e. The van der Waals surface area contributed by atoms with Gasteiger partial charge >= 0.3 is 0 Å². The van der Waals surface area contributed by atoms with Crippen molar-refractivity contribution in [3.05, 3.63) is 52.2 Å². The largest absolute Gasteiger partial charge is 0.439 e. The number of nitrogens with zero attached hydrogens (tertiary/aromatic N) is 3. The van der Waals surface area contributed by atoms with E-state index in [1.165, 1.54) is 40.8 Å². The summed E-state index contributed by atoms with van der Waals surface area (Å²) in [6.45, 7) is 2.68. The minimum Gasteiger partial charge on any atom is -0.439 e. The summed E-state index contributed by atoms with van der Waals surface area (Å²) >= 11 is 0. The lowest BCUT2D eigenvalue weighted by atomic mass is 10.2. The topological polar surface area (TPSA) is 103 Å². The zero-order valence-electron chi connectivity index (χ0n) is 13.6. The van der Waals surface area contributed by atoms with Crippen molar-refractivity contribution in [1.82, 2.24) is 9.29 Å².